The molecule has 0 atom stereocenters. The molecule has 2 aromatic carbocycles. The molecule has 0 spiro atoms. The largest absolute Gasteiger partial charge is 0.254 e. The lowest BCUT2D eigenvalue weighted by Crippen LogP contribution is -1.92. The molecule has 0 saturated heterocycles. The van der Waals surface area contributed by atoms with Crippen LogP contribution >= 0.6 is 0 Å². The lowest BCUT2D eigenvalue weighted by molar-refractivity contribution is 1.32. The molecule has 100 valence electrons. The first-order valence-electron chi connectivity index (χ1n) is 7.03. The summed E-state index contributed by atoms with van der Waals surface area (Å²) in [6.45, 7) is 2.11. The van der Waals surface area contributed by atoms with Gasteiger partial charge in [0.15, 0.2) is 0 Å². The van der Waals surface area contributed by atoms with Crippen LogP contribution in [-0.4, -0.2) is 9.97 Å². The van der Waals surface area contributed by atoms with Gasteiger partial charge in [0, 0.05) is 22.5 Å². The summed E-state index contributed by atoms with van der Waals surface area (Å²) in [6, 6.07) is 20.8. The molecule has 2 heterocycles. The Morgan fingerprint density at radius 3 is 2.43 bits per heavy atom. The molecule has 0 saturated carbocycles. The maximum Gasteiger partial charge on any atom is 0.0972 e. The van der Waals surface area contributed by atoms with Gasteiger partial charge in [0.2, 0.25) is 0 Å². The fourth-order valence-electron chi connectivity index (χ4n) is 2.77. The normalized spacial score (nSPS) is 11.1. The molecule has 4 rings (SSSR count). The first kappa shape index (κ1) is 12.0. The van der Waals surface area contributed by atoms with Crippen LogP contribution in [0.1, 0.15) is 5.56 Å². The topological polar surface area (TPSA) is 25.8 Å². The summed E-state index contributed by atoms with van der Waals surface area (Å²) in [6.07, 6.45) is 1.82. The summed E-state index contributed by atoms with van der Waals surface area (Å²) >= 11 is 0. The lowest BCUT2D eigenvalue weighted by atomic mass is 10.0. The number of hydrogen-bond donors (Lipinski definition) is 0. The van der Waals surface area contributed by atoms with Crippen molar-refractivity contribution in [1.82, 2.24) is 9.97 Å². The highest BCUT2D eigenvalue weighted by atomic mass is 14.8. The number of nitrogens with zero attached hydrogens (tertiary/aromatic N) is 2. The summed E-state index contributed by atoms with van der Waals surface area (Å²) < 4.78 is 0. The molecule has 0 aliphatic carbocycles. The average molecular weight is 270 g/mol. The van der Waals surface area contributed by atoms with Crippen molar-refractivity contribution in [3.8, 4) is 11.3 Å². The highest BCUT2D eigenvalue weighted by Crippen LogP contribution is 2.28. The van der Waals surface area contributed by atoms with Crippen LogP contribution in [-0.2, 0) is 0 Å². The number of fused-ring (bicyclic) bond motifs is 3. The van der Waals surface area contributed by atoms with Crippen LogP contribution in [0.2, 0.25) is 0 Å². The molecule has 2 heteroatoms. The van der Waals surface area contributed by atoms with Gasteiger partial charge in [0.1, 0.15) is 0 Å². The molecular formula is C19H14N2. The zero-order valence-corrected chi connectivity index (χ0v) is 11.7. The number of rotatable bonds is 1. The maximum absolute atomic E-state index is 4.91. The molecule has 0 unspecified atom stereocenters. The molecule has 0 N–H and O–H groups in total. The van der Waals surface area contributed by atoms with Gasteiger partial charge in [-0.1, -0.05) is 48.5 Å². The second kappa shape index (κ2) is 4.67. The van der Waals surface area contributed by atoms with Crippen molar-refractivity contribution in [3.63, 3.8) is 0 Å². The Kier molecular flexibility index (Phi) is 2.68. The first-order chi connectivity index (χ1) is 10.3. The maximum atomic E-state index is 4.91. The number of aryl methyl sites for hydroxylation is 1. The molecule has 0 aliphatic rings. The smallest absolute Gasteiger partial charge is 0.0972 e. The number of hydrogen-bond acceptors (Lipinski definition) is 2. The fraction of sp³-hybridized carbons (Fsp3) is 0.0526. The zero-order chi connectivity index (χ0) is 14.2. The van der Waals surface area contributed by atoms with Crippen molar-refractivity contribution in [1.29, 1.82) is 0 Å². The summed E-state index contributed by atoms with van der Waals surface area (Å²) in [4.78, 5) is 9.42. The third-order valence-electron chi connectivity index (χ3n) is 3.80. The van der Waals surface area contributed by atoms with Crippen molar-refractivity contribution >= 4 is 21.8 Å². The minimum Gasteiger partial charge on any atom is -0.254 e. The third kappa shape index (κ3) is 1.96. The zero-order valence-electron chi connectivity index (χ0n) is 11.7. The summed E-state index contributed by atoms with van der Waals surface area (Å²) in [7, 11) is 0. The van der Waals surface area contributed by atoms with Gasteiger partial charge in [-0.15, -0.1) is 0 Å². The van der Waals surface area contributed by atoms with Gasteiger partial charge in [-0.2, -0.15) is 0 Å². The van der Waals surface area contributed by atoms with Gasteiger partial charge < -0.3 is 0 Å². The Hall–Kier alpha value is -2.74. The quantitative estimate of drug-likeness (QED) is 0.466. The Bertz CT molecular complexity index is 943. The van der Waals surface area contributed by atoms with E-state index in [2.05, 4.69) is 48.3 Å². The molecule has 0 fully saturated rings. The number of aromatic nitrogens is 2. The van der Waals surface area contributed by atoms with Crippen LogP contribution in [0.3, 0.4) is 0 Å². The minimum absolute atomic E-state index is 0.965. The van der Waals surface area contributed by atoms with E-state index in [1.165, 1.54) is 5.56 Å². The van der Waals surface area contributed by atoms with Gasteiger partial charge in [-0.05, 0) is 24.6 Å². The Morgan fingerprint density at radius 1 is 0.762 bits per heavy atom. The van der Waals surface area contributed by atoms with E-state index < -0.39 is 0 Å². The Morgan fingerprint density at radius 2 is 1.57 bits per heavy atom. The van der Waals surface area contributed by atoms with Crippen LogP contribution in [0.15, 0.2) is 66.9 Å². The van der Waals surface area contributed by atoms with Crippen LogP contribution in [0.5, 0.6) is 0 Å². The molecule has 21 heavy (non-hydrogen) atoms. The molecule has 0 radical (unpaired) electrons. The van der Waals surface area contributed by atoms with Crippen LogP contribution < -0.4 is 0 Å². The second-order valence-corrected chi connectivity index (χ2v) is 5.23. The second-order valence-electron chi connectivity index (χ2n) is 5.23. The summed E-state index contributed by atoms with van der Waals surface area (Å²) in [5.41, 5.74) is 5.29. The number of pyridine rings is 2. The van der Waals surface area contributed by atoms with E-state index in [-0.39, 0.29) is 0 Å². The predicted molar refractivity (Wildman–Crippen MR) is 87.2 cm³/mol. The molecule has 2 aromatic heterocycles. The van der Waals surface area contributed by atoms with Crippen molar-refractivity contribution in [2.24, 2.45) is 0 Å². The van der Waals surface area contributed by atoms with Gasteiger partial charge in [0.25, 0.3) is 0 Å². The molecule has 0 amide bonds. The van der Waals surface area contributed by atoms with Gasteiger partial charge >= 0.3 is 0 Å². The monoisotopic (exact) mass is 270 g/mol. The van der Waals surface area contributed by atoms with Crippen molar-refractivity contribution in [2.45, 2.75) is 6.92 Å². The average Bonchev–Trinajstić information content (AvgIpc) is 2.55. The molecular weight excluding hydrogens is 256 g/mol. The SMILES string of the molecule is Cc1cc2ccc3cccnc3c2nc1-c1ccccc1. The molecule has 4 aromatic rings. The number of benzene rings is 2. The molecule has 0 aliphatic heterocycles. The Labute approximate surface area is 123 Å². The molecule has 2 nitrogen and oxygen atoms in total. The summed E-state index contributed by atoms with van der Waals surface area (Å²) in [5, 5.41) is 2.26. The van der Waals surface area contributed by atoms with E-state index in [9.17, 15) is 0 Å². The van der Waals surface area contributed by atoms with Gasteiger partial charge in [0.05, 0.1) is 16.7 Å². The molecule has 0 bridgehead atoms. The van der Waals surface area contributed by atoms with Crippen molar-refractivity contribution < 1.29 is 0 Å². The lowest BCUT2D eigenvalue weighted by Gasteiger charge is -2.09. The Balaban J connectivity index is 2.09. The van der Waals surface area contributed by atoms with E-state index in [1.54, 1.807) is 0 Å². The third-order valence-corrected chi connectivity index (χ3v) is 3.80. The van der Waals surface area contributed by atoms with Crippen LogP contribution in [0.4, 0.5) is 0 Å². The van der Waals surface area contributed by atoms with E-state index in [0.29, 0.717) is 0 Å². The van der Waals surface area contributed by atoms with Crippen molar-refractivity contribution in [2.75, 3.05) is 0 Å². The highest BCUT2D eigenvalue weighted by Gasteiger charge is 2.08. The van der Waals surface area contributed by atoms with Crippen molar-refractivity contribution in [3.05, 3.63) is 72.4 Å². The van der Waals surface area contributed by atoms with Gasteiger partial charge in [-0.25, -0.2) is 4.98 Å². The first-order valence-corrected chi connectivity index (χ1v) is 7.03. The highest BCUT2D eigenvalue weighted by molar-refractivity contribution is 6.03. The minimum atomic E-state index is 0.965. The van der Waals surface area contributed by atoms with Gasteiger partial charge in [-0.3, -0.25) is 4.98 Å². The standard InChI is InChI=1S/C19H14N2/c1-13-12-16-10-9-15-8-5-11-20-18(15)19(16)21-17(13)14-6-3-2-4-7-14/h2-12H,1H3. The summed E-state index contributed by atoms with van der Waals surface area (Å²) in [5.74, 6) is 0. The fourth-order valence-corrected chi connectivity index (χ4v) is 2.77. The van der Waals surface area contributed by atoms with Crippen LogP contribution in [0.25, 0.3) is 33.1 Å². The van der Waals surface area contributed by atoms with E-state index in [1.807, 2.05) is 30.5 Å². The van der Waals surface area contributed by atoms with E-state index >= 15 is 0 Å². The predicted octanol–water partition coefficient (Wildman–Crippen LogP) is 4.76. The van der Waals surface area contributed by atoms with E-state index in [4.69, 9.17) is 4.98 Å². The van der Waals surface area contributed by atoms with E-state index in [0.717, 1.165) is 33.1 Å². The van der Waals surface area contributed by atoms with Crippen LogP contribution in [0, 0.1) is 6.92 Å².